The van der Waals surface area contributed by atoms with Crippen LogP contribution in [0, 0.1) is 5.92 Å². The van der Waals surface area contributed by atoms with Crippen LogP contribution in [-0.2, 0) is 21.2 Å². The van der Waals surface area contributed by atoms with Gasteiger partial charge in [-0.2, -0.15) is 4.31 Å². The Kier molecular flexibility index (Phi) is 3.70. The molecule has 0 fully saturated rings. The fraction of sp³-hybridized carbons (Fsp3) is 0.400. The molecule has 0 saturated heterocycles. The standard InChI is InChI=1S/C15H18N2O4S/c1-16-8-6-11-4-5-13(9-14(11)16)22(20,21)17-7-2-3-12(10-17)15(18)19/h2-5,9,12H,6-8,10H2,1H3,(H,18,19). The zero-order chi connectivity index (χ0) is 15.9. The number of benzene rings is 1. The summed E-state index contributed by atoms with van der Waals surface area (Å²) in [5.41, 5.74) is 2.08. The van der Waals surface area contributed by atoms with E-state index in [2.05, 4.69) is 0 Å². The minimum atomic E-state index is -3.68. The van der Waals surface area contributed by atoms with Gasteiger partial charge in [0.15, 0.2) is 0 Å². The summed E-state index contributed by atoms with van der Waals surface area (Å²) in [6.07, 6.45) is 4.06. The molecule has 0 bridgehead atoms. The normalized spacial score (nSPS) is 21.9. The van der Waals surface area contributed by atoms with Gasteiger partial charge in [-0.15, -0.1) is 0 Å². The van der Waals surface area contributed by atoms with Crippen LogP contribution in [0.1, 0.15) is 5.56 Å². The molecule has 2 aliphatic heterocycles. The van der Waals surface area contributed by atoms with Crippen LogP contribution in [0.15, 0.2) is 35.2 Å². The van der Waals surface area contributed by atoms with Crippen molar-refractivity contribution in [2.75, 3.05) is 31.6 Å². The van der Waals surface area contributed by atoms with Gasteiger partial charge in [-0.25, -0.2) is 8.42 Å². The highest BCUT2D eigenvalue weighted by molar-refractivity contribution is 7.89. The highest BCUT2D eigenvalue weighted by Gasteiger charge is 2.31. The van der Waals surface area contributed by atoms with Crippen LogP contribution in [0.5, 0.6) is 0 Å². The van der Waals surface area contributed by atoms with E-state index < -0.39 is 21.9 Å². The zero-order valence-electron chi connectivity index (χ0n) is 12.3. The van der Waals surface area contributed by atoms with Gasteiger partial charge in [0, 0.05) is 32.4 Å². The molecule has 1 aromatic rings. The van der Waals surface area contributed by atoms with Crippen LogP contribution in [0.2, 0.25) is 0 Å². The van der Waals surface area contributed by atoms with E-state index in [1.165, 1.54) is 4.31 Å². The lowest BCUT2D eigenvalue weighted by atomic mass is 10.1. The second kappa shape index (κ2) is 5.40. The molecule has 0 spiro atoms. The largest absolute Gasteiger partial charge is 0.481 e. The molecule has 3 rings (SSSR count). The first-order valence-electron chi connectivity index (χ1n) is 7.13. The van der Waals surface area contributed by atoms with Crippen LogP contribution in [0.3, 0.4) is 0 Å². The number of sulfonamides is 1. The van der Waals surface area contributed by atoms with E-state index in [1.54, 1.807) is 24.3 Å². The molecular weight excluding hydrogens is 304 g/mol. The lowest BCUT2D eigenvalue weighted by Crippen LogP contribution is -2.39. The lowest BCUT2D eigenvalue weighted by Gasteiger charge is -2.26. The minimum absolute atomic E-state index is 0.0267. The number of nitrogens with zero attached hydrogens (tertiary/aromatic N) is 2. The van der Waals surface area contributed by atoms with Gasteiger partial charge in [0.05, 0.1) is 10.8 Å². The molecule has 0 aliphatic carbocycles. The highest BCUT2D eigenvalue weighted by Crippen LogP contribution is 2.31. The van der Waals surface area contributed by atoms with Gasteiger partial charge in [-0.05, 0) is 24.1 Å². The van der Waals surface area contributed by atoms with Gasteiger partial charge in [-0.3, -0.25) is 4.79 Å². The summed E-state index contributed by atoms with van der Waals surface area (Å²) < 4.78 is 26.7. The average Bonchev–Trinajstić information content (AvgIpc) is 2.88. The predicted octanol–water partition coefficient (Wildman–Crippen LogP) is 0.940. The second-order valence-electron chi connectivity index (χ2n) is 5.66. The quantitative estimate of drug-likeness (QED) is 0.838. The summed E-state index contributed by atoms with van der Waals surface area (Å²) in [5.74, 6) is -1.80. The fourth-order valence-corrected chi connectivity index (χ4v) is 4.32. The number of carbonyl (C=O) groups is 1. The Hall–Kier alpha value is -1.86. The van der Waals surface area contributed by atoms with Crippen LogP contribution in [0.4, 0.5) is 5.69 Å². The van der Waals surface area contributed by atoms with Crippen LogP contribution in [0.25, 0.3) is 0 Å². The third-order valence-corrected chi connectivity index (χ3v) is 6.04. The van der Waals surface area contributed by atoms with Gasteiger partial charge in [0.25, 0.3) is 0 Å². The monoisotopic (exact) mass is 322 g/mol. The van der Waals surface area contributed by atoms with Crippen molar-refractivity contribution >= 4 is 21.7 Å². The first-order valence-corrected chi connectivity index (χ1v) is 8.57. The van der Waals surface area contributed by atoms with Crippen molar-refractivity contribution in [3.05, 3.63) is 35.9 Å². The molecule has 1 atom stereocenters. The van der Waals surface area contributed by atoms with Crippen molar-refractivity contribution in [3.63, 3.8) is 0 Å². The van der Waals surface area contributed by atoms with Crippen LogP contribution >= 0.6 is 0 Å². The fourth-order valence-electron chi connectivity index (χ4n) is 2.88. The summed E-state index contributed by atoms with van der Waals surface area (Å²) in [6.45, 7) is 1.06. The van der Waals surface area contributed by atoms with E-state index >= 15 is 0 Å². The molecule has 1 aromatic carbocycles. The number of fused-ring (bicyclic) bond motifs is 1. The summed E-state index contributed by atoms with van der Waals surface area (Å²) in [5, 5.41) is 9.07. The van der Waals surface area contributed by atoms with E-state index in [9.17, 15) is 13.2 Å². The van der Waals surface area contributed by atoms with Gasteiger partial charge >= 0.3 is 5.97 Å². The molecule has 0 radical (unpaired) electrons. The molecule has 6 nitrogen and oxygen atoms in total. The van der Waals surface area contributed by atoms with Crippen LogP contribution in [-0.4, -0.2) is 50.5 Å². The molecular formula is C15H18N2O4S. The first kappa shape index (κ1) is 15.1. The Balaban J connectivity index is 1.92. The van der Waals surface area contributed by atoms with E-state index in [0.717, 1.165) is 24.2 Å². The summed E-state index contributed by atoms with van der Waals surface area (Å²) in [7, 11) is -1.74. The van der Waals surface area contributed by atoms with E-state index in [0.29, 0.717) is 0 Å². The van der Waals surface area contributed by atoms with Crippen molar-refractivity contribution in [1.29, 1.82) is 0 Å². The minimum Gasteiger partial charge on any atom is -0.481 e. The molecule has 0 saturated carbocycles. The number of likely N-dealkylation sites (N-methyl/N-ethyl adjacent to an activating group) is 1. The Bertz CT molecular complexity index is 742. The number of carboxylic acid groups (broad SMARTS) is 1. The topological polar surface area (TPSA) is 77.9 Å². The molecule has 0 amide bonds. The van der Waals surface area contributed by atoms with Crippen molar-refractivity contribution in [2.45, 2.75) is 11.3 Å². The number of rotatable bonds is 3. The predicted molar refractivity (Wildman–Crippen MR) is 82.4 cm³/mol. The van der Waals surface area contributed by atoms with E-state index in [1.807, 2.05) is 18.0 Å². The Morgan fingerprint density at radius 2 is 2.14 bits per heavy atom. The number of aliphatic carboxylic acids is 1. The Morgan fingerprint density at radius 1 is 1.36 bits per heavy atom. The summed E-state index contributed by atoms with van der Waals surface area (Å²) in [4.78, 5) is 13.3. The number of hydrogen-bond acceptors (Lipinski definition) is 4. The first-order chi connectivity index (χ1) is 10.4. The van der Waals surface area contributed by atoms with E-state index in [-0.39, 0.29) is 18.0 Å². The zero-order valence-corrected chi connectivity index (χ0v) is 13.1. The highest BCUT2D eigenvalue weighted by atomic mass is 32.2. The molecule has 1 N–H and O–H groups in total. The van der Waals surface area contributed by atoms with Gasteiger partial charge in [-0.1, -0.05) is 18.2 Å². The van der Waals surface area contributed by atoms with Crippen molar-refractivity contribution in [1.82, 2.24) is 4.31 Å². The summed E-state index contributed by atoms with van der Waals surface area (Å²) in [6, 6.07) is 5.15. The third kappa shape index (κ3) is 2.50. The lowest BCUT2D eigenvalue weighted by molar-refractivity contribution is -0.140. The third-order valence-electron chi connectivity index (χ3n) is 4.22. The number of hydrogen-bond donors (Lipinski definition) is 1. The maximum Gasteiger partial charge on any atom is 0.311 e. The maximum absolute atomic E-state index is 12.7. The smallest absolute Gasteiger partial charge is 0.311 e. The SMILES string of the molecule is CN1CCc2ccc(S(=O)(=O)N3CC=CC(C(=O)O)C3)cc21. The second-order valence-corrected chi connectivity index (χ2v) is 7.59. The van der Waals surface area contributed by atoms with Crippen LogP contribution < -0.4 is 4.90 Å². The number of carboxylic acids is 1. The molecule has 7 heteroatoms. The molecule has 22 heavy (non-hydrogen) atoms. The molecule has 1 unspecified atom stereocenters. The van der Waals surface area contributed by atoms with Crippen molar-refractivity contribution in [3.8, 4) is 0 Å². The van der Waals surface area contributed by atoms with Gasteiger partial charge in [0.1, 0.15) is 0 Å². The number of anilines is 1. The average molecular weight is 322 g/mol. The summed E-state index contributed by atoms with van der Waals surface area (Å²) >= 11 is 0. The molecule has 118 valence electrons. The van der Waals surface area contributed by atoms with Gasteiger partial charge in [0.2, 0.25) is 10.0 Å². The maximum atomic E-state index is 12.7. The van der Waals surface area contributed by atoms with Gasteiger partial charge < -0.3 is 10.0 Å². The Morgan fingerprint density at radius 3 is 2.86 bits per heavy atom. The van der Waals surface area contributed by atoms with Crippen molar-refractivity contribution < 1.29 is 18.3 Å². The Labute approximate surface area is 129 Å². The van der Waals surface area contributed by atoms with Crippen molar-refractivity contribution in [2.24, 2.45) is 5.92 Å². The van der Waals surface area contributed by atoms with E-state index in [4.69, 9.17) is 5.11 Å². The molecule has 2 aliphatic rings. The molecule has 0 aromatic heterocycles. The molecule has 2 heterocycles.